The van der Waals surface area contributed by atoms with E-state index >= 15 is 0 Å². The average molecular weight is 357 g/mol. The highest BCUT2D eigenvalue weighted by Crippen LogP contribution is 2.35. The van der Waals surface area contributed by atoms with Gasteiger partial charge in [-0.1, -0.05) is 13.3 Å². The van der Waals surface area contributed by atoms with Gasteiger partial charge in [-0.15, -0.1) is 0 Å². The predicted octanol–water partition coefficient (Wildman–Crippen LogP) is 4.38. The zero-order valence-electron chi connectivity index (χ0n) is 14.2. The molecule has 0 saturated heterocycles. The molecule has 1 aliphatic heterocycles. The smallest absolute Gasteiger partial charge is 0.336 e. The summed E-state index contributed by atoms with van der Waals surface area (Å²) in [6, 6.07) is 9.00. The number of rotatable bonds is 3. The standard InChI is InChI=1S/C20H17F2NO3/c1-2-3-12-8-19(24)26-20-14(12)5-7-18-15(20)10-23(11-25-18)13-4-6-16(21)17(22)9-13/h4-9H,2-3,10-11H2,1H3. The molecule has 0 bridgehead atoms. The second-order valence-electron chi connectivity index (χ2n) is 6.33. The number of hydrogen-bond donors (Lipinski definition) is 0. The Balaban J connectivity index is 1.81. The van der Waals surface area contributed by atoms with E-state index in [0.29, 0.717) is 23.6 Å². The first-order valence-corrected chi connectivity index (χ1v) is 8.48. The highest BCUT2D eigenvalue weighted by atomic mass is 19.2. The van der Waals surface area contributed by atoms with Gasteiger partial charge in [0, 0.05) is 23.2 Å². The number of benzene rings is 2. The Bertz CT molecular complexity index is 1050. The summed E-state index contributed by atoms with van der Waals surface area (Å²) in [5, 5.41) is 0.876. The minimum Gasteiger partial charge on any atom is -0.473 e. The Labute approximate surface area is 148 Å². The Morgan fingerprint density at radius 2 is 1.96 bits per heavy atom. The highest BCUT2D eigenvalue weighted by molar-refractivity contribution is 5.85. The van der Waals surface area contributed by atoms with Gasteiger partial charge < -0.3 is 14.1 Å². The monoisotopic (exact) mass is 357 g/mol. The van der Waals surface area contributed by atoms with E-state index in [1.54, 1.807) is 4.90 Å². The molecule has 0 aliphatic carbocycles. The maximum absolute atomic E-state index is 13.6. The van der Waals surface area contributed by atoms with Gasteiger partial charge in [0.15, 0.2) is 18.4 Å². The summed E-state index contributed by atoms with van der Waals surface area (Å²) in [6.45, 7) is 2.62. The molecule has 134 valence electrons. The number of halogens is 2. The maximum atomic E-state index is 13.6. The van der Waals surface area contributed by atoms with Crippen molar-refractivity contribution in [3.63, 3.8) is 0 Å². The molecule has 0 fully saturated rings. The number of hydrogen-bond acceptors (Lipinski definition) is 4. The van der Waals surface area contributed by atoms with Crippen molar-refractivity contribution in [1.29, 1.82) is 0 Å². The summed E-state index contributed by atoms with van der Waals surface area (Å²) >= 11 is 0. The lowest BCUT2D eigenvalue weighted by molar-refractivity contribution is 0.289. The van der Waals surface area contributed by atoms with Crippen LogP contribution in [0.1, 0.15) is 24.5 Å². The van der Waals surface area contributed by atoms with E-state index in [2.05, 4.69) is 0 Å². The van der Waals surface area contributed by atoms with E-state index in [4.69, 9.17) is 9.15 Å². The first-order valence-electron chi connectivity index (χ1n) is 8.48. The van der Waals surface area contributed by atoms with Crippen LogP contribution in [0.25, 0.3) is 11.0 Å². The highest BCUT2D eigenvalue weighted by Gasteiger charge is 2.23. The quantitative estimate of drug-likeness (QED) is 0.653. The molecule has 0 N–H and O–H groups in total. The zero-order chi connectivity index (χ0) is 18.3. The summed E-state index contributed by atoms with van der Waals surface area (Å²) < 4.78 is 38.0. The van der Waals surface area contributed by atoms with Crippen LogP contribution in [0.4, 0.5) is 14.5 Å². The topological polar surface area (TPSA) is 42.7 Å². The van der Waals surface area contributed by atoms with Gasteiger partial charge in [-0.05, 0) is 36.2 Å². The van der Waals surface area contributed by atoms with Crippen LogP contribution in [0, 0.1) is 11.6 Å². The lowest BCUT2D eigenvalue weighted by Crippen LogP contribution is -2.32. The zero-order valence-corrected chi connectivity index (χ0v) is 14.2. The molecule has 4 nitrogen and oxygen atoms in total. The van der Waals surface area contributed by atoms with Crippen LogP contribution in [0.15, 0.2) is 45.6 Å². The molecule has 0 saturated carbocycles. The van der Waals surface area contributed by atoms with Crippen LogP contribution < -0.4 is 15.3 Å². The van der Waals surface area contributed by atoms with Crippen molar-refractivity contribution < 1.29 is 17.9 Å². The molecule has 1 aromatic heterocycles. The van der Waals surface area contributed by atoms with E-state index in [1.807, 2.05) is 19.1 Å². The molecular formula is C20H17F2NO3. The first-order chi connectivity index (χ1) is 12.6. The summed E-state index contributed by atoms with van der Waals surface area (Å²) in [4.78, 5) is 13.7. The lowest BCUT2D eigenvalue weighted by atomic mass is 10.0. The van der Waals surface area contributed by atoms with E-state index < -0.39 is 17.3 Å². The first kappa shape index (κ1) is 16.6. The third-order valence-electron chi connectivity index (χ3n) is 4.57. The van der Waals surface area contributed by atoms with Gasteiger partial charge in [0.1, 0.15) is 11.3 Å². The molecule has 26 heavy (non-hydrogen) atoms. The fraction of sp³-hybridized carbons (Fsp3) is 0.250. The van der Waals surface area contributed by atoms with Crippen LogP contribution in [0.2, 0.25) is 0 Å². The molecule has 6 heteroatoms. The number of ether oxygens (including phenoxy) is 1. The summed E-state index contributed by atoms with van der Waals surface area (Å²) in [6.07, 6.45) is 1.68. The molecule has 0 amide bonds. The van der Waals surface area contributed by atoms with Gasteiger partial charge >= 0.3 is 5.63 Å². The van der Waals surface area contributed by atoms with Gasteiger partial charge in [0.2, 0.25) is 0 Å². The Morgan fingerprint density at radius 1 is 1.12 bits per heavy atom. The molecule has 4 rings (SSSR count). The molecule has 2 aromatic carbocycles. The Kier molecular flexibility index (Phi) is 4.11. The van der Waals surface area contributed by atoms with Crippen molar-refractivity contribution in [3.05, 3.63) is 69.6 Å². The molecule has 2 heterocycles. The number of aryl methyl sites for hydroxylation is 1. The Morgan fingerprint density at radius 3 is 2.73 bits per heavy atom. The fourth-order valence-corrected chi connectivity index (χ4v) is 3.32. The second-order valence-corrected chi connectivity index (χ2v) is 6.33. The van der Waals surface area contributed by atoms with Gasteiger partial charge in [-0.3, -0.25) is 0 Å². The fourth-order valence-electron chi connectivity index (χ4n) is 3.32. The van der Waals surface area contributed by atoms with Gasteiger partial charge in [-0.2, -0.15) is 0 Å². The van der Waals surface area contributed by atoms with E-state index in [-0.39, 0.29) is 6.73 Å². The normalized spacial score (nSPS) is 13.6. The third-order valence-corrected chi connectivity index (χ3v) is 4.57. The van der Waals surface area contributed by atoms with Crippen LogP contribution in [0.5, 0.6) is 5.75 Å². The van der Waals surface area contributed by atoms with Gasteiger partial charge in [0.25, 0.3) is 0 Å². The lowest BCUT2D eigenvalue weighted by Gasteiger charge is -2.31. The van der Waals surface area contributed by atoms with Crippen LogP contribution in [0.3, 0.4) is 0 Å². The summed E-state index contributed by atoms with van der Waals surface area (Å²) in [5.41, 5.74) is 2.25. The molecule has 0 unspecified atom stereocenters. The van der Waals surface area contributed by atoms with Crippen LogP contribution in [-0.4, -0.2) is 6.73 Å². The van der Waals surface area contributed by atoms with Crippen molar-refractivity contribution in [1.82, 2.24) is 0 Å². The summed E-state index contributed by atoms with van der Waals surface area (Å²) in [7, 11) is 0. The molecule has 0 radical (unpaired) electrons. The number of anilines is 1. The predicted molar refractivity (Wildman–Crippen MR) is 94.5 cm³/mol. The van der Waals surface area contributed by atoms with Crippen molar-refractivity contribution in [2.45, 2.75) is 26.3 Å². The maximum Gasteiger partial charge on any atom is 0.336 e. The third kappa shape index (κ3) is 2.81. The van der Waals surface area contributed by atoms with E-state index in [1.165, 1.54) is 12.1 Å². The van der Waals surface area contributed by atoms with Gasteiger partial charge in [0.05, 0.1) is 12.1 Å². The van der Waals surface area contributed by atoms with Crippen molar-refractivity contribution in [2.24, 2.45) is 0 Å². The second kappa shape index (κ2) is 6.44. The largest absolute Gasteiger partial charge is 0.473 e. The average Bonchev–Trinajstić information content (AvgIpc) is 2.63. The summed E-state index contributed by atoms with van der Waals surface area (Å²) in [5.74, 6) is -1.18. The SMILES string of the molecule is CCCc1cc(=O)oc2c3c(ccc12)OCN(c1ccc(F)c(F)c1)C3. The van der Waals surface area contributed by atoms with Crippen molar-refractivity contribution >= 4 is 16.7 Å². The minimum absolute atomic E-state index is 0.197. The van der Waals surface area contributed by atoms with Crippen LogP contribution in [-0.2, 0) is 13.0 Å². The van der Waals surface area contributed by atoms with Crippen molar-refractivity contribution in [2.75, 3.05) is 11.6 Å². The minimum atomic E-state index is -0.914. The van der Waals surface area contributed by atoms with Crippen molar-refractivity contribution in [3.8, 4) is 5.75 Å². The van der Waals surface area contributed by atoms with Crippen LogP contribution >= 0.6 is 0 Å². The molecular weight excluding hydrogens is 340 g/mol. The van der Waals surface area contributed by atoms with E-state index in [0.717, 1.165) is 41.5 Å². The molecule has 3 aromatic rings. The van der Waals surface area contributed by atoms with E-state index in [9.17, 15) is 13.6 Å². The molecule has 0 spiro atoms. The van der Waals surface area contributed by atoms with Gasteiger partial charge in [-0.25, -0.2) is 13.6 Å². The molecule has 0 atom stereocenters. The number of fused-ring (bicyclic) bond motifs is 3. The molecule has 1 aliphatic rings. The number of nitrogens with zero attached hydrogens (tertiary/aromatic N) is 1. The Hall–Kier alpha value is -2.89.